The summed E-state index contributed by atoms with van der Waals surface area (Å²) >= 11 is 0. The quantitative estimate of drug-likeness (QED) is 0.416. The monoisotopic (exact) mass is 443 g/mol. The number of rotatable bonds is 7. The molecule has 0 saturated carbocycles. The number of carbonyl (C=O) groups excluding carboxylic acids is 2. The Morgan fingerprint density at radius 2 is 2.24 bits per heavy atom. The lowest BCUT2D eigenvalue weighted by Crippen LogP contribution is -2.32. The molecule has 0 fully saturated rings. The van der Waals surface area contributed by atoms with Crippen molar-refractivity contribution in [2.75, 3.05) is 0 Å². The fourth-order valence-electron chi connectivity index (χ4n) is 3.99. The van der Waals surface area contributed by atoms with Gasteiger partial charge >= 0.3 is 0 Å². The molecule has 4 N–H and O–H groups in total. The van der Waals surface area contributed by atoms with Crippen LogP contribution < -0.4 is 10.7 Å². The molecule has 5 heterocycles. The highest BCUT2D eigenvalue weighted by atomic mass is 16.3. The van der Waals surface area contributed by atoms with Crippen molar-refractivity contribution in [2.45, 2.75) is 19.8 Å². The first-order chi connectivity index (χ1) is 16.1. The molecular weight excluding hydrogens is 422 g/mol. The van der Waals surface area contributed by atoms with Crippen LogP contribution in [0.1, 0.15) is 34.0 Å². The molecule has 166 valence electrons. The van der Waals surface area contributed by atoms with E-state index in [1.54, 1.807) is 31.1 Å². The molecule has 10 heteroatoms. The zero-order chi connectivity index (χ0) is 22.8. The van der Waals surface area contributed by atoms with Gasteiger partial charge in [-0.05, 0) is 37.1 Å². The Morgan fingerprint density at radius 1 is 1.33 bits per heavy atom. The highest BCUT2D eigenvalue weighted by molar-refractivity contribution is 6.24. The molecular formula is C23H21N7O3. The van der Waals surface area contributed by atoms with Gasteiger partial charge in [0.25, 0.3) is 5.91 Å². The predicted molar refractivity (Wildman–Crippen MR) is 122 cm³/mol. The third-order valence-electron chi connectivity index (χ3n) is 5.54. The highest BCUT2D eigenvalue weighted by Gasteiger charge is 2.30. The highest BCUT2D eigenvalue weighted by Crippen LogP contribution is 2.33. The van der Waals surface area contributed by atoms with E-state index in [1.807, 2.05) is 25.1 Å². The molecule has 10 nitrogen and oxygen atoms in total. The van der Waals surface area contributed by atoms with E-state index in [9.17, 15) is 9.59 Å². The number of H-pyrrole nitrogens is 2. The molecule has 3 aromatic rings. The summed E-state index contributed by atoms with van der Waals surface area (Å²) in [5, 5.41) is 7.03. The fourth-order valence-corrected chi connectivity index (χ4v) is 3.99. The molecule has 1 atom stereocenters. The van der Waals surface area contributed by atoms with Crippen LogP contribution in [0.4, 0.5) is 0 Å². The molecule has 1 amide bonds. The second kappa shape index (κ2) is 8.58. The third kappa shape index (κ3) is 3.93. The number of aryl methyl sites for hydroxylation is 1. The van der Waals surface area contributed by atoms with Crippen LogP contribution in [0.15, 0.2) is 63.4 Å². The molecule has 0 aromatic carbocycles. The first-order valence-electron chi connectivity index (χ1n) is 10.4. The molecule has 33 heavy (non-hydrogen) atoms. The maximum atomic E-state index is 12.5. The maximum Gasteiger partial charge on any atom is 0.254 e. The number of imidazole rings is 1. The first kappa shape index (κ1) is 20.4. The van der Waals surface area contributed by atoms with E-state index in [2.05, 4.69) is 35.8 Å². The Kier molecular flexibility index (Phi) is 5.31. The van der Waals surface area contributed by atoms with E-state index in [4.69, 9.17) is 4.42 Å². The predicted octanol–water partition coefficient (Wildman–Crippen LogP) is 2.71. The molecule has 2 aliphatic rings. The van der Waals surface area contributed by atoms with Crippen LogP contribution >= 0.6 is 0 Å². The van der Waals surface area contributed by atoms with Gasteiger partial charge in [-0.1, -0.05) is 0 Å². The number of nitrogens with zero attached hydrogens (tertiary/aromatic N) is 3. The van der Waals surface area contributed by atoms with E-state index in [1.165, 1.54) is 6.21 Å². The van der Waals surface area contributed by atoms with Crippen molar-refractivity contribution in [1.82, 2.24) is 25.7 Å². The summed E-state index contributed by atoms with van der Waals surface area (Å²) in [6.07, 6.45) is 12.3. The van der Waals surface area contributed by atoms with Gasteiger partial charge in [-0.3, -0.25) is 14.6 Å². The average Bonchev–Trinajstić information content (AvgIpc) is 3.61. The largest absolute Gasteiger partial charge is 0.464 e. The molecule has 3 aromatic heterocycles. The number of nitrogens with one attached hydrogen (secondary N) is 4. The minimum atomic E-state index is -0.581. The number of aromatic amines is 2. The van der Waals surface area contributed by atoms with Gasteiger partial charge in [0.05, 0.1) is 23.4 Å². The zero-order valence-electron chi connectivity index (χ0n) is 17.8. The molecule has 1 unspecified atom stereocenters. The number of amides is 1. The molecule has 0 spiro atoms. The third-order valence-corrected chi connectivity index (χ3v) is 5.54. The van der Waals surface area contributed by atoms with Crippen molar-refractivity contribution in [1.29, 1.82) is 0 Å². The van der Waals surface area contributed by atoms with Gasteiger partial charge in [0, 0.05) is 48.7 Å². The minimum Gasteiger partial charge on any atom is -0.464 e. The lowest BCUT2D eigenvalue weighted by molar-refractivity contribution is -0.120. The van der Waals surface area contributed by atoms with Crippen LogP contribution in [0.2, 0.25) is 0 Å². The summed E-state index contributed by atoms with van der Waals surface area (Å²) in [5.41, 5.74) is 7.20. The SMILES string of the molecule is Cc1[nH]c(C=C2NC=CN=C2C2C=NNC2=O)c(-c2ccco2)c1CCC(=O)c1ncc[nH]1. The van der Waals surface area contributed by atoms with E-state index < -0.39 is 5.92 Å². The molecule has 0 aliphatic carbocycles. The minimum absolute atomic E-state index is 0.0639. The topological polar surface area (TPSA) is 141 Å². The van der Waals surface area contributed by atoms with Crippen LogP contribution in [-0.4, -0.2) is 38.6 Å². The van der Waals surface area contributed by atoms with Crippen LogP contribution in [0.3, 0.4) is 0 Å². The van der Waals surface area contributed by atoms with Gasteiger partial charge < -0.3 is 19.7 Å². The number of allylic oxidation sites excluding steroid dienone is 1. The smallest absolute Gasteiger partial charge is 0.254 e. The van der Waals surface area contributed by atoms with Gasteiger partial charge in [0.15, 0.2) is 11.6 Å². The lowest BCUT2D eigenvalue weighted by atomic mass is 9.97. The Balaban J connectivity index is 1.51. The Bertz CT molecular complexity index is 1310. The number of Topliss-reactive ketones (excluding diaryl/α,β-unsaturated/α-hetero) is 1. The number of aliphatic imine (C=N–C) groups is 1. The van der Waals surface area contributed by atoms with Crippen molar-refractivity contribution in [2.24, 2.45) is 16.0 Å². The van der Waals surface area contributed by atoms with Crippen LogP contribution in [0, 0.1) is 12.8 Å². The number of carbonyl (C=O) groups is 2. The van der Waals surface area contributed by atoms with Crippen molar-refractivity contribution in [3.63, 3.8) is 0 Å². The van der Waals surface area contributed by atoms with Crippen molar-refractivity contribution >= 4 is 29.7 Å². The number of hydrogen-bond acceptors (Lipinski definition) is 7. The van der Waals surface area contributed by atoms with E-state index in [0.717, 1.165) is 22.5 Å². The number of ketones is 1. The van der Waals surface area contributed by atoms with E-state index in [-0.39, 0.29) is 11.7 Å². The Morgan fingerprint density at radius 3 is 2.97 bits per heavy atom. The molecule has 0 bridgehead atoms. The molecule has 5 rings (SSSR count). The lowest BCUT2D eigenvalue weighted by Gasteiger charge is -2.16. The maximum absolute atomic E-state index is 12.5. The number of furan rings is 1. The summed E-state index contributed by atoms with van der Waals surface area (Å²) in [5.74, 6) is 0.147. The molecule has 2 aliphatic heterocycles. The number of aromatic nitrogens is 3. The van der Waals surface area contributed by atoms with Crippen LogP contribution in [0.25, 0.3) is 17.4 Å². The first-order valence-corrected chi connectivity index (χ1v) is 10.4. The van der Waals surface area contributed by atoms with Gasteiger partial charge in [0.2, 0.25) is 0 Å². The van der Waals surface area contributed by atoms with Crippen molar-refractivity contribution in [3.05, 3.63) is 71.7 Å². The van der Waals surface area contributed by atoms with Gasteiger partial charge in [-0.25, -0.2) is 10.4 Å². The van der Waals surface area contributed by atoms with Crippen LogP contribution in [-0.2, 0) is 11.2 Å². The summed E-state index contributed by atoms with van der Waals surface area (Å²) < 4.78 is 5.72. The van der Waals surface area contributed by atoms with Crippen LogP contribution in [0.5, 0.6) is 0 Å². The summed E-state index contributed by atoms with van der Waals surface area (Å²) in [6.45, 7) is 1.96. The second-order valence-corrected chi connectivity index (χ2v) is 7.62. The standard InChI is InChI=1S/C23H21N7O3/c1-13-14(4-5-18(31)22-26-8-9-27-22)20(19-3-2-10-33-19)16(29-13)11-17-21(25-7-6-24-17)15-12-28-30-23(15)32/h2-3,6-12,15,24,29H,4-5H2,1H3,(H,26,27)(H,30,32). The van der Waals surface area contributed by atoms with Gasteiger partial charge in [0.1, 0.15) is 11.7 Å². The molecule has 0 saturated heterocycles. The van der Waals surface area contributed by atoms with Gasteiger partial charge in [-0.15, -0.1) is 0 Å². The Labute approximate surface area is 188 Å². The van der Waals surface area contributed by atoms with E-state index in [0.29, 0.717) is 35.8 Å². The number of hydrogen-bond donors (Lipinski definition) is 4. The second-order valence-electron chi connectivity index (χ2n) is 7.62. The van der Waals surface area contributed by atoms with E-state index >= 15 is 0 Å². The summed E-state index contributed by atoms with van der Waals surface area (Å²) in [6, 6.07) is 3.70. The summed E-state index contributed by atoms with van der Waals surface area (Å²) in [4.78, 5) is 39.4. The van der Waals surface area contributed by atoms with Gasteiger partial charge in [-0.2, -0.15) is 5.10 Å². The summed E-state index contributed by atoms with van der Waals surface area (Å²) in [7, 11) is 0. The average molecular weight is 443 g/mol. The molecule has 0 radical (unpaired) electrons. The van der Waals surface area contributed by atoms with Crippen molar-refractivity contribution < 1.29 is 14.0 Å². The normalized spacial score (nSPS) is 18.5. The van der Waals surface area contributed by atoms with Crippen molar-refractivity contribution in [3.8, 4) is 11.3 Å². The number of hydrazone groups is 1. The fraction of sp³-hybridized carbons (Fsp3) is 0.174. The Hall–Kier alpha value is -4.47. The zero-order valence-corrected chi connectivity index (χ0v) is 17.8.